The number of hydrogen-bond acceptors (Lipinski definition) is 4. The normalized spacial score (nSPS) is 15.2. The predicted molar refractivity (Wildman–Crippen MR) is 149 cm³/mol. The molecule has 3 rings (SSSR count). The third kappa shape index (κ3) is 8.09. The van der Waals surface area contributed by atoms with Gasteiger partial charge in [0.05, 0.1) is 11.9 Å². The highest BCUT2D eigenvalue weighted by Crippen LogP contribution is 2.25. The first-order chi connectivity index (χ1) is 17.5. The molecule has 1 atom stereocenters. The number of amides is 2. The first-order valence-electron chi connectivity index (χ1n) is 12.6. The molecule has 1 aliphatic carbocycles. The third-order valence-corrected chi connectivity index (χ3v) is 8.42. The topological polar surface area (TPSA) is 86.8 Å². The molecule has 10 heteroatoms. The number of hydrogen-bond donors (Lipinski definition) is 1. The van der Waals surface area contributed by atoms with Gasteiger partial charge in [-0.05, 0) is 56.0 Å². The Kier molecular flexibility index (Phi) is 10.3. The van der Waals surface area contributed by atoms with Crippen LogP contribution in [0.3, 0.4) is 0 Å². The molecule has 0 heterocycles. The first-order valence-corrected chi connectivity index (χ1v) is 15.2. The van der Waals surface area contributed by atoms with Crippen molar-refractivity contribution in [3.8, 4) is 0 Å². The summed E-state index contributed by atoms with van der Waals surface area (Å²) in [6.07, 6.45) is 6.52. The molecular formula is C27H35Cl2N3O4S. The van der Waals surface area contributed by atoms with Gasteiger partial charge in [0.1, 0.15) is 12.6 Å². The predicted octanol–water partition coefficient (Wildman–Crippen LogP) is 5.32. The number of sulfonamides is 1. The molecule has 0 spiro atoms. The lowest BCUT2D eigenvalue weighted by atomic mass is 9.95. The van der Waals surface area contributed by atoms with Crippen LogP contribution >= 0.6 is 23.2 Å². The molecule has 2 aromatic rings. The molecule has 1 fully saturated rings. The van der Waals surface area contributed by atoms with Crippen LogP contribution in [0.5, 0.6) is 0 Å². The highest BCUT2D eigenvalue weighted by molar-refractivity contribution is 7.92. The molecule has 7 nitrogen and oxygen atoms in total. The fraction of sp³-hybridized carbons (Fsp3) is 0.481. The molecule has 2 amide bonds. The number of carbonyl (C=O) groups is 2. The van der Waals surface area contributed by atoms with Crippen LogP contribution in [-0.4, -0.2) is 50.0 Å². The molecule has 202 valence electrons. The van der Waals surface area contributed by atoms with E-state index in [4.69, 9.17) is 23.2 Å². The molecule has 1 saturated carbocycles. The Labute approximate surface area is 230 Å². The van der Waals surface area contributed by atoms with Crippen molar-refractivity contribution < 1.29 is 18.0 Å². The lowest BCUT2D eigenvalue weighted by Gasteiger charge is -2.34. The summed E-state index contributed by atoms with van der Waals surface area (Å²) in [4.78, 5) is 28.6. The molecule has 37 heavy (non-hydrogen) atoms. The number of carbonyl (C=O) groups excluding carboxylic acids is 2. The van der Waals surface area contributed by atoms with Gasteiger partial charge in [0.15, 0.2) is 0 Å². The Hall–Kier alpha value is -2.29. The van der Waals surface area contributed by atoms with E-state index in [1.165, 1.54) is 4.90 Å². The second-order valence-corrected chi connectivity index (χ2v) is 12.4. The van der Waals surface area contributed by atoms with E-state index in [2.05, 4.69) is 5.32 Å². The molecular weight excluding hydrogens is 533 g/mol. The van der Waals surface area contributed by atoms with Crippen molar-refractivity contribution in [2.75, 3.05) is 17.1 Å². The van der Waals surface area contributed by atoms with Crippen molar-refractivity contribution in [3.63, 3.8) is 0 Å². The van der Waals surface area contributed by atoms with E-state index in [1.807, 2.05) is 13.8 Å². The van der Waals surface area contributed by atoms with E-state index in [0.29, 0.717) is 27.7 Å². The molecule has 0 bridgehead atoms. The summed E-state index contributed by atoms with van der Waals surface area (Å²) >= 11 is 12.5. The quantitative estimate of drug-likeness (QED) is 0.420. The Bertz CT molecular complexity index is 1200. The highest BCUT2D eigenvalue weighted by Gasteiger charge is 2.33. The van der Waals surface area contributed by atoms with Gasteiger partial charge in [0.25, 0.3) is 0 Å². The van der Waals surface area contributed by atoms with Crippen LogP contribution in [0.15, 0.2) is 42.5 Å². The number of nitrogens with zero attached hydrogens (tertiary/aromatic N) is 2. The van der Waals surface area contributed by atoms with Crippen LogP contribution in [0.25, 0.3) is 0 Å². The van der Waals surface area contributed by atoms with Crippen molar-refractivity contribution >= 4 is 50.7 Å². The minimum absolute atomic E-state index is 0.0386. The molecule has 0 saturated heterocycles. The van der Waals surface area contributed by atoms with Crippen LogP contribution < -0.4 is 9.62 Å². The Morgan fingerprint density at radius 1 is 1.05 bits per heavy atom. The standard InChI is InChI=1S/C27H35Cl2N3O4S/c1-4-25(27(34)30-22-8-6-5-7-9-22)31(17-20-12-13-21(28)16-24(20)29)26(33)18-32(37(3,35)36)23-14-10-19(2)11-15-23/h10-16,22,25H,4-9,17-18H2,1-3H3,(H,30,34)/t25-/m0/s1. The van der Waals surface area contributed by atoms with Crippen LogP contribution in [-0.2, 0) is 26.2 Å². The summed E-state index contributed by atoms with van der Waals surface area (Å²) in [6.45, 7) is 3.33. The Morgan fingerprint density at radius 3 is 2.27 bits per heavy atom. The number of halogens is 2. The van der Waals surface area contributed by atoms with Gasteiger partial charge in [0, 0.05) is 22.6 Å². The summed E-state index contributed by atoms with van der Waals surface area (Å²) in [5.41, 5.74) is 1.96. The first kappa shape index (κ1) is 29.3. The number of nitrogens with one attached hydrogen (secondary N) is 1. The van der Waals surface area contributed by atoms with Crippen LogP contribution in [0.2, 0.25) is 10.0 Å². The fourth-order valence-electron chi connectivity index (χ4n) is 4.62. The lowest BCUT2D eigenvalue weighted by molar-refractivity contribution is -0.140. The monoisotopic (exact) mass is 567 g/mol. The lowest BCUT2D eigenvalue weighted by Crippen LogP contribution is -2.54. The average molecular weight is 569 g/mol. The minimum Gasteiger partial charge on any atom is -0.352 e. The summed E-state index contributed by atoms with van der Waals surface area (Å²) < 4.78 is 26.5. The maximum atomic E-state index is 13.8. The number of rotatable bonds is 10. The molecule has 1 N–H and O–H groups in total. The van der Waals surface area contributed by atoms with Crippen LogP contribution in [0, 0.1) is 6.92 Å². The second kappa shape index (κ2) is 13.0. The van der Waals surface area contributed by atoms with Crippen molar-refractivity contribution in [3.05, 3.63) is 63.6 Å². The smallest absolute Gasteiger partial charge is 0.244 e. The van der Waals surface area contributed by atoms with Gasteiger partial charge >= 0.3 is 0 Å². The maximum absolute atomic E-state index is 13.8. The van der Waals surface area contributed by atoms with Crippen LogP contribution in [0.1, 0.15) is 56.6 Å². The van der Waals surface area contributed by atoms with E-state index in [1.54, 1.807) is 42.5 Å². The zero-order valence-corrected chi connectivity index (χ0v) is 23.9. The van der Waals surface area contributed by atoms with Gasteiger partial charge in [-0.2, -0.15) is 0 Å². The highest BCUT2D eigenvalue weighted by atomic mass is 35.5. The molecule has 0 aliphatic heterocycles. The summed E-state index contributed by atoms with van der Waals surface area (Å²) in [7, 11) is -3.78. The Balaban J connectivity index is 1.93. The van der Waals surface area contributed by atoms with Gasteiger partial charge in [-0.15, -0.1) is 0 Å². The number of anilines is 1. The van der Waals surface area contributed by atoms with Gasteiger partial charge in [-0.25, -0.2) is 8.42 Å². The molecule has 0 aromatic heterocycles. The molecule has 0 unspecified atom stereocenters. The largest absolute Gasteiger partial charge is 0.352 e. The summed E-state index contributed by atoms with van der Waals surface area (Å²) in [5, 5.41) is 3.94. The van der Waals surface area contributed by atoms with Gasteiger partial charge in [0.2, 0.25) is 21.8 Å². The van der Waals surface area contributed by atoms with Crippen molar-refractivity contribution in [1.82, 2.24) is 10.2 Å². The summed E-state index contributed by atoms with van der Waals surface area (Å²) in [5.74, 6) is -0.739. The zero-order valence-electron chi connectivity index (χ0n) is 21.5. The molecule has 1 aliphatic rings. The number of aryl methyl sites for hydroxylation is 1. The second-order valence-electron chi connectivity index (χ2n) is 9.63. The Morgan fingerprint density at radius 2 is 1.70 bits per heavy atom. The zero-order chi connectivity index (χ0) is 27.2. The van der Waals surface area contributed by atoms with Gasteiger partial charge in [-0.3, -0.25) is 13.9 Å². The fourth-order valence-corrected chi connectivity index (χ4v) is 5.94. The molecule has 2 aromatic carbocycles. The molecule has 0 radical (unpaired) electrons. The van der Waals surface area contributed by atoms with E-state index < -0.39 is 28.5 Å². The van der Waals surface area contributed by atoms with Gasteiger partial charge < -0.3 is 10.2 Å². The van der Waals surface area contributed by atoms with Gasteiger partial charge in [-0.1, -0.05) is 73.2 Å². The van der Waals surface area contributed by atoms with E-state index >= 15 is 0 Å². The number of benzene rings is 2. The maximum Gasteiger partial charge on any atom is 0.244 e. The van der Waals surface area contributed by atoms with E-state index in [9.17, 15) is 18.0 Å². The van der Waals surface area contributed by atoms with Crippen molar-refractivity contribution in [2.24, 2.45) is 0 Å². The van der Waals surface area contributed by atoms with E-state index in [-0.39, 0.29) is 18.5 Å². The van der Waals surface area contributed by atoms with Crippen LogP contribution in [0.4, 0.5) is 5.69 Å². The van der Waals surface area contributed by atoms with Crippen molar-refractivity contribution in [1.29, 1.82) is 0 Å². The average Bonchev–Trinajstić information content (AvgIpc) is 2.84. The third-order valence-electron chi connectivity index (χ3n) is 6.69. The van der Waals surface area contributed by atoms with Crippen molar-refractivity contribution in [2.45, 2.75) is 71.0 Å². The minimum atomic E-state index is -3.78. The van der Waals surface area contributed by atoms with E-state index in [0.717, 1.165) is 48.2 Å². The SMILES string of the molecule is CC[C@@H](C(=O)NC1CCCCC1)N(Cc1ccc(Cl)cc1Cl)C(=O)CN(c1ccc(C)cc1)S(C)(=O)=O. The summed E-state index contributed by atoms with van der Waals surface area (Å²) in [6, 6.07) is 11.2.